The number of fused-ring (bicyclic) bond motifs is 1. The van der Waals surface area contributed by atoms with E-state index in [9.17, 15) is 9.59 Å². The Balaban J connectivity index is 1.79. The summed E-state index contributed by atoms with van der Waals surface area (Å²) in [6.45, 7) is 6.74. The average molecular weight is 444 g/mol. The SMILES string of the molecule is CCOC(=O)c1c(NC(=O)/C=C/c2ccc(OCC)c(OC)c2)sc2c1CCC(C)C2. The fourth-order valence-corrected chi connectivity index (χ4v) is 5.05. The van der Waals surface area contributed by atoms with Gasteiger partial charge in [-0.25, -0.2) is 4.79 Å². The van der Waals surface area contributed by atoms with Crippen molar-refractivity contribution in [3.05, 3.63) is 45.8 Å². The monoisotopic (exact) mass is 443 g/mol. The normalized spacial score (nSPS) is 15.4. The van der Waals surface area contributed by atoms with Crippen molar-refractivity contribution < 1.29 is 23.8 Å². The van der Waals surface area contributed by atoms with Gasteiger partial charge >= 0.3 is 5.97 Å². The molecular formula is C24H29NO5S. The summed E-state index contributed by atoms with van der Waals surface area (Å²) in [5, 5.41) is 3.45. The van der Waals surface area contributed by atoms with Crippen molar-refractivity contribution in [3.63, 3.8) is 0 Å². The van der Waals surface area contributed by atoms with Crippen LogP contribution in [-0.4, -0.2) is 32.2 Å². The first-order chi connectivity index (χ1) is 15.0. The Morgan fingerprint density at radius 1 is 1.23 bits per heavy atom. The van der Waals surface area contributed by atoms with Gasteiger partial charge in [0.25, 0.3) is 0 Å². The van der Waals surface area contributed by atoms with Crippen LogP contribution in [0.2, 0.25) is 0 Å². The molecule has 0 spiro atoms. The number of hydrogen-bond acceptors (Lipinski definition) is 6. The standard InChI is InChI=1S/C24H29NO5S/c1-5-29-18-11-8-16(14-19(18)28-4)9-12-21(26)25-23-22(24(27)30-6-2)17-10-7-15(3)13-20(17)31-23/h8-9,11-12,14-15H,5-7,10,13H2,1-4H3,(H,25,26)/b12-9+. The Labute approximate surface area is 187 Å². The van der Waals surface area contributed by atoms with Gasteiger partial charge in [0.1, 0.15) is 5.00 Å². The number of rotatable bonds is 8. The van der Waals surface area contributed by atoms with Crippen molar-refractivity contribution >= 4 is 34.3 Å². The molecule has 0 saturated heterocycles. The van der Waals surface area contributed by atoms with E-state index in [4.69, 9.17) is 14.2 Å². The molecule has 1 heterocycles. The van der Waals surface area contributed by atoms with Crippen LogP contribution in [0.5, 0.6) is 11.5 Å². The van der Waals surface area contributed by atoms with E-state index >= 15 is 0 Å². The van der Waals surface area contributed by atoms with Crippen molar-refractivity contribution in [1.82, 2.24) is 0 Å². The van der Waals surface area contributed by atoms with Crippen molar-refractivity contribution in [2.75, 3.05) is 25.6 Å². The lowest BCUT2D eigenvalue weighted by molar-refractivity contribution is -0.111. The first kappa shape index (κ1) is 22.9. The number of thiophene rings is 1. The van der Waals surface area contributed by atoms with Crippen LogP contribution in [0.25, 0.3) is 6.08 Å². The summed E-state index contributed by atoms with van der Waals surface area (Å²) in [7, 11) is 1.58. The second-order valence-corrected chi connectivity index (χ2v) is 8.55. The van der Waals surface area contributed by atoms with Gasteiger partial charge in [-0.3, -0.25) is 4.79 Å². The molecule has 1 aromatic heterocycles. The maximum atomic E-state index is 12.6. The average Bonchev–Trinajstić information content (AvgIpc) is 3.10. The number of hydrogen-bond donors (Lipinski definition) is 1. The molecule has 31 heavy (non-hydrogen) atoms. The molecule has 1 aromatic carbocycles. The van der Waals surface area contributed by atoms with E-state index in [0.29, 0.717) is 41.2 Å². The molecule has 0 aliphatic heterocycles. The largest absolute Gasteiger partial charge is 0.493 e. The lowest BCUT2D eigenvalue weighted by atomic mass is 9.88. The molecule has 1 aliphatic rings. The molecule has 3 rings (SSSR count). The number of ether oxygens (including phenoxy) is 3. The molecule has 166 valence electrons. The van der Waals surface area contributed by atoms with Gasteiger partial charge in [-0.15, -0.1) is 11.3 Å². The third-order valence-corrected chi connectivity index (χ3v) is 6.31. The molecule has 1 unspecified atom stereocenters. The third kappa shape index (κ3) is 5.47. The van der Waals surface area contributed by atoms with Crippen LogP contribution in [0.15, 0.2) is 24.3 Å². The molecule has 1 N–H and O–H groups in total. The van der Waals surface area contributed by atoms with E-state index in [0.717, 1.165) is 35.3 Å². The molecule has 0 fully saturated rings. The molecule has 0 bridgehead atoms. The predicted molar refractivity (Wildman–Crippen MR) is 123 cm³/mol. The minimum absolute atomic E-state index is 0.298. The maximum Gasteiger partial charge on any atom is 0.341 e. The highest BCUT2D eigenvalue weighted by Gasteiger charge is 2.28. The summed E-state index contributed by atoms with van der Waals surface area (Å²) in [4.78, 5) is 26.4. The number of anilines is 1. The van der Waals surface area contributed by atoms with Crippen molar-refractivity contribution in [2.45, 2.75) is 40.0 Å². The van der Waals surface area contributed by atoms with Gasteiger partial charge in [0, 0.05) is 11.0 Å². The van der Waals surface area contributed by atoms with Crippen LogP contribution < -0.4 is 14.8 Å². The Bertz CT molecular complexity index is 979. The third-order valence-electron chi connectivity index (χ3n) is 5.14. The molecule has 0 saturated carbocycles. The Kier molecular flexibility index (Phi) is 7.74. The van der Waals surface area contributed by atoms with Gasteiger partial charge in [-0.2, -0.15) is 0 Å². The van der Waals surface area contributed by atoms with Gasteiger partial charge in [0.2, 0.25) is 5.91 Å². The molecule has 2 aromatic rings. The van der Waals surface area contributed by atoms with E-state index in [1.807, 2.05) is 25.1 Å². The molecular weight excluding hydrogens is 414 g/mol. The summed E-state index contributed by atoms with van der Waals surface area (Å²) < 4.78 is 16.1. The van der Waals surface area contributed by atoms with Crippen LogP contribution in [0.3, 0.4) is 0 Å². The van der Waals surface area contributed by atoms with Gasteiger partial charge < -0.3 is 19.5 Å². The Morgan fingerprint density at radius 3 is 2.74 bits per heavy atom. The zero-order chi connectivity index (χ0) is 22.4. The van der Waals surface area contributed by atoms with Crippen LogP contribution >= 0.6 is 11.3 Å². The van der Waals surface area contributed by atoms with E-state index in [2.05, 4.69) is 12.2 Å². The Hall–Kier alpha value is -2.80. The minimum Gasteiger partial charge on any atom is -0.493 e. The van der Waals surface area contributed by atoms with E-state index < -0.39 is 0 Å². The lowest BCUT2D eigenvalue weighted by Crippen LogP contribution is -2.15. The number of methoxy groups -OCH3 is 1. The first-order valence-corrected chi connectivity index (χ1v) is 11.4. The van der Waals surface area contributed by atoms with E-state index in [1.165, 1.54) is 17.4 Å². The highest BCUT2D eigenvalue weighted by Crippen LogP contribution is 2.40. The van der Waals surface area contributed by atoms with Crippen LogP contribution in [0.1, 0.15) is 53.6 Å². The van der Waals surface area contributed by atoms with E-state index in [1.54, 1.807) is 20.1 Å². The second kappa shape index (κ2) is 10.5. The number of esters is 1. The molecule has 0 radical (unpaired) electrons. The first-order valence-electron chi connectivity index (χ1n) is 10.6. The van der Waals surface area contributed by atoms with Crippen LogP contribution in [0.4, 0.5) is 5.00 Å². The van der Waals surface area contributed by atoms with Gasteiger partial charge in [0.15, 0.2) is 11.5 Å². The van der Waals surface area contributed by atoms with Gasteiger partial charge in [-0.1, -0.05) is 13.0 Å². The van der Waals surface area contributed by atoms with Gasteiger partial charge in [-0.05, 0) is 68.4 Å². The summed E-state index contributed by atoms with van der Waals surface area (Å²) in [6.07, 6.45) is 5.94. The number of benzene rings is 1. The van der Waals surface area contributed by atoms with Crippen molar-refractivity contribution in [2.24, 2.45) is 5.92 Å². The molecule has 6 nitrogen and oxygen atoms in total. The second-order valence-electron chi connectivity index (χ2n) is 7.44. The summed E-state index contributed by atoms with van der Waals surface area (Å²) in [5.41, 5.74) is 2.34. The zero-order valence-electron chi connectivity index (χ0n) is 18.4. The zero-order valence-corrected chi connectivity index (χ0v) is 19.3. The Morgan fingerprint density at radius 2 is 2.03 bits per heavy atom. The van der Waals surface area contributed by atoms with E-state index in [-0.39, 0.29) is 11.9 Å². The number of carbonyl (C=O) groups excluding carboxylic acids is 2. The van der Waals surface area contributed by atoms with Gasteiger partial charge in [0.05, 0.1) is 25.9 Å². The smallest absolute Gasteiger partial charge is 0.341 e. The van der Waals surface area contributed by atoms with Crippen LogP contribution in [0, 0.1) is 5.92 Å². The number of amides is 1. The number of carbonyl (C=O) groups is 2. The summed E-state index contributed by atoms with van der Waals surface area (Å²) in [6, 6.07) is 5.48. The molecule has 1 amide bonds. The summed E-state index contributed by atoms with van der Waals surface area (Å²) in [5.74, 6) is 1.16. The van der Waals surface area contributed by atoms with Crippen molar-refractivity contribution in [3.8, 4) is 11.5 Å². The fraction of sp³-hybridized carbons (Fsp3) is 0.417. The lowest BCUT2D eigenvalue weighted by Gasteiger charge is -2.18. The molecule has 1 atom stereocenters. The predicted octanol–water partition coefficient (Wildman–Crippen LogP) is 5.11. The minimum atomic E-state index is -0.370. The fourth-order valence-electron chi connectivity index (χ4n) is 3.65. The number of nitrogens with one attached hydrogen (secondary N) is 1. The molecule has 7 heteroatoms. The van der Waals surface area contributed by atoms with Crippen LogP contribution in [-0.2, 0) is 22.4 Å². The molecule has 1 aliphatic carbocycles. The summed E-state index contributed by atoms with van der Waals surface area (Å²) >= 11 is 1.48. The topological polar surface area (TPSA) is 73.9 Å². The highest BCUT2D eigenvalue weighted by atomic mass is 32.1. The quantitative estimate of drug-likeness (QED) is 0.453. The van der Waals surface area contributed by atoms with Crippen molar-refractivity contribution in [1.29, 1.82) is 0 Å². The maximum absolute atomic E-state index is 12.6. The highest BCUT2D eigenvalue weighted by molar-refractivity contribution is 7.17.